The fraction of sp³-hybridized carbons (Fsp3) is 0.478. The van der Waals surface area contributed by atoms with E-state index < -0.39 is 0 Å². The number of aromatic nitrogens is 4. The molecule has 0 unspecified atom stereocenters. The minimum Gasteiger partial charge on any atom is -0.495 e. The monoisotopic (exact) mass is 453 g/mol. The van der Waals surface area contributed by atoms with Crippen LogP contribution >= 0.6 is 0 Å². The Morgan fingerprint density at radius 3 is 2.73 bits per heavy atom. The number of nitrogens with zero attached hydrogens (tertiary/aromatic N) is 5. The van der Waals surface area contributed by atoms with Crippen LogP contribution in [-0.4, -0.2) is 64.2 Å². The highest BCUT2D eigenvalue weighted by molar-refractivity contribution is 5.95. The molecule has 1 aromatic carbocycles. The van der Waals surface area contributed by atoms with Crippen LogP contribution in [0, 0.1) is 0 Å². The molecule has 10 heteroatoms. The van der Waals surface area contributed by atoms with Crippen LogP contribution in [0.3, 0.4) is 0 Å². The summed E-state index contributed by atoms with van der Waals surface area (Å²) in [6.07, 6.45) is 5.87. The van der Waals surface area contributed by atoms with Crippen molar-refractivity contribution in [2.24, 2.45) is 7.05 Å². The molecule has 33 heavy (non-hydrogen) atoms. The van der Waals surface area contributed by atoms with Crippen LogP contribution in [0.5, 0.6) is 5.75 Å². The lowest BCUT2D eigenvalue weighted by Crippen LogP contribution is -2.31. The summed E-state index contributed by atoms with van der Waals surface area (Å²) < 4.78 is 8.90. The number of ether oxygens (including phenoxy) is 1. The number of nitrogens with one attached hydrogen (secondary N) is 2. The number of carbonyl (C=O) groups excluding carboxylic acids is 1. The van der Waals surface area contributed by atoms with E-state index in [9.17, 15) is 9.59 Å². The normalized spacial score (nSPS) is 14.2. The number of rotatable bonds is 8. The molecular weight excluding hydrogens is 422 g/mol. The highest BCUT2D eigenvalue weighted by Crippen LogP contribution is 2.31. The lowest BCUT2D eigenvalue weighted by atomic mass is 10.1. The summed E-state index contributed by atoms with van der Waals surface area (Å²) in [4.78, 5) is 36.3. The number of hydrogen-bond donors (Lipinski definition) is 2. The Kier molecular flexibility index (Phi) is 6.64. The number of likely N-dealkylation sites (N-methyl/N-ethyl adjacent to an activating group) is 1. The Morgan fingerprint density at radius 2 is 2.03 bits per heavy atom. The van der Waals surface area contributed by atoms with Gasteiger partial charge in [0.05, 0.1) is 19.0 Å². The van der Waals surface area contributed by atoms with E-state index in [4.69, 9.17) is 4.74 Å². The van der Waals surface area contributed by atoms with Crippen LogP contribution in [0.2, 0.25) is 0 Å². The second-order valence-corrected chi connectivity index (χ2v) is 8.65. The lowest BCUT2D eigenvalue weighted by Gasteiger charge is -2.14. The first-order valence-corrected chi connectivity index (χ1v) is 11.2. The van der Waals surface area contributed by atoms with Crippen LogP contribution in [-0.2, 0) is 7.05 Å². The van der Waals surface area contributed by atoms with E-state index in [1.165, 1.54) is 0 Å². The number of hydrogen-bond acceptors (Lipinski definition) is 7. The van der Waals surface area contributed by atoms with Crippen molar-refractivity contribution in [1.82, 2.24) is 29.3 Å². The molecule has 0 saturated heterocycles. The maximum atomic E-state index is 12.8. The van der Waals surface area contributed by atoms with Crippen molar-refractivity contribution in [2.45, 2.75) is 31.7 Å². The second kappa shape index (κ2) is 9.62. The Balaban J connectivity index is 1.59. The summed E-state index contributed by atoms with van der Waals surface area (Å²) in [6, 6.07) is 5.35. The van der Waals surface area contributed by atoms with E-state index in [2.05, 4.69) is 20.6 Å². The summed E-state index contributed by atoms with van der Waals surface area (Å²) in [7, 11) is 7.21. The van der Waals surface area contributed by atoms with Gasteiger partial charge < -0.3 is 20.3 Å². The van der Waals surface area contributed by atoms with Crippen LogP contribution in [0.25, 0.3) is 11.2 Å². The molecule has 2 aromatic heterocycles. The van der Waals surface area contributed by atoms with Gasteiger partial charge in [-0.25, -0.2) is 9.78 Å². The summed E-state index contributed by atoms with van der Waals surface area (Å²) in [5.74, 6) is 0.700. The van der Waals surface area contributed by atoms with E-state index in [1.54, 1.807) is 47.7 Å². The number of aryl methyl sites for hydroxylation is 1. The van der Waals surface area contributed by atoms with Gasteiger partial charge in [-0.2, -0.15) is 4.98 Å². The van der Waals surface area contributed by atoms with Crippen LogP contribution < -0.4 is 21.1 Å². The standard InChI is InChI=1S/C23H31N7O3/c1-28(2)12-11-24-21(31)15-9-10-17(19(13-15)33-4)26-22-25-14-18-20(27-22)30(23(32)29(18)3)16-7-5-6-8-16/h9-10,13-14,16H,5-8,11-12H2,1-4H3,(H,24,31)(H,25,26,27). The molecular formula is C23H31N7O3. The first-order valence-electron chi connectivity index (χ1n) is 11.2. The summed E-state index contributed by atoms with van der Waals surface area (Å²) >= 11 is 0. The van der Waals surface area contributed by atoms with E-state index in [0.717, 1.165) is 32.2 Å². The molecule has 1 fully saturated rings. The number of anilines is 2. The van der Waals surface area contributed by atoms with Gasteiger partial charge in [-0.15, -0.1) is 0 Å². The molecule has 1 amide bonds. The zero-order valence-electron chi connectivity index (χ0n) is 19.6. The van der Waals surface area contributed by atoms with Gasteiger partial charge in [-0.3, -0.25) is 13.9 Å². The zero-order valence-corrected chi connectivity index (χ0v) is 19.6. The number of imidazole rings is 1. The summed E-state index contributed by atoms with van der Waals surface area (Å²) in [5, 5.41) is 6.07. The van der Waals surface area contributed by atoms with Crippen molar-refractivity contribution < 1.29 is 9.53 Å². The predicted octanol–water partition coefficient (Wildman–Crippen LogP) is 2.29. The largest absolute Gasteiger partial charge is 0.495 e. The fourth-order valence-corrected chi connectivity index (χ4v) is 4.24. The Morgan fingerprint density at radius 1 is 1.27 bits per heavy atom. The van der Waals surface area contributed by atoms with Crippen LogP contribution in [0.1, 0.15) is 42.1 Å². The molecule has 176 valence electrons. The zero-order chi connectivity index (χ0) is 23.5. The molecule has 10 nitrogen and oxygen atoms in total. The number of methoxy groups -OCH3 is 1. The molecule has 0 spiro atoms. The van der Waals surface area contributed by atoms with Gasteiger partial charge in [0.15, 0.2) is 5.65 Å². The molecule has 0 atom stereocenters. The average Bonchev–Trinajstić information content (AvgIpc) is 3.40. The van der Waals surface area contributed by atoms with Gasteiger partial charge in [0.2, 0.25) is 5.95 Å². The van der Waals surface area contributed by atoms with E-state index in [1.807, 2.05) is 19.0 Å². The lowest BCUT2D eigenvalue weighted by molar-refractivity contribution is 0.0950. The van der Waals surface area contributed by atoms with Crippen molar-refractivity contribution in [3.8, 4) is 5.75 Å². The van der Waals surface area contributed by atoms with Gasteiger partial charge in [-0.05, 0) is 45.1 Å². The molecule has 0 radical (unpaired) electrons. The first kappa shape index (κ1) is 22.8. The van der Waals surface area contributed by atoms with Crippen LogP contribution in [0.15, 0.2) is 29.2 Å². The third-order valence-corrected chi connectivity index (χ3v) is 6.08. The summed E-state index contributed by atoms with van der Waals surface area (Å²) in [5.41, 5.74) is 2.40. The highest BCUT2D eigenvalue weighted by atomic mass is 16.5. The van der Waals surface area contributed by atoms with Crippen LogP contribution in [0.4, 0.5) is 11.6 Å². The molecule has 0 aliphatic heterocycles. The van der Waals surface area contributed by atoms with Gasteiger partial charge >= 0.3 is 5.69 Å². The topological polar surface area (TPSA) is 106 Å². The molecule has 2 heterocycles. The van der Waals surface area contributed by atoms with Gasteiger partial charge in [0, 0.05) is 31.7 Å². The number of fused-ring (bicyclic) bond motifs is 1. The number of amides is 1. The average molecular weight is 454 g/mol. The molecule has 4 rings (SSSR count). The van der Waals surface area contributed by atoms with Gasteiger partial charge in [-0.1, -0.05) is 12.8 Å². The third kappa shape index (κ3) is 4.70. The molecule has 3 aromatic rings. The second-order valence-electron chi connectivity index (χ2n) is 8.65. The van der Waals surface area contributed by atoms with E-state index in [0.29, 0.717) is 40.7 Å². The molecule has 1 aliphatic carbocycles. The maximum absolute atomic E-state index is 12.8. The van der Waals surface area contributed by atoms with Crippen molar-refractivity contribution in [2.75, 3.05) is 39.6 Å². The molecule has 0 bridgehead atoms. The first-order chi connectivity index (χ1) is 15.9. The third-order valence-electron chi connectivity index (χ3n) is 6.08. The predicted molar refractivity (Wildman–Crippen MR) is 127 cm³/mol. The van der Waals surface area contributed by atoms with Crippen molar-refractivity contribution in [3.63, 3.8) is 0 Å². The quantitative estimate of drug-likeness (QED) is 0.539. The number of benzene rings is 1. The van der Waals surface area contributed by atoms with E-state index >= 15 is 0 Å². The Labute approximate surface area is 192 Å². The maximum Gasteiger partial charge on any atom is 0.330 e. The number of carbonyl (C=O) groups is 1. The minimum atomic E-state index is -0.163. The van der Waals surface area contributed by atoms with Crippen molar-refractivity contribution in [1.29, 1.82) is 0 Å². The van der Waals surface area contributed by atoms with E-state index in [-0.39, 0.29) is 17.6 Å². The SMILES string of the molecule is COc1cc(C(=O)NCCN(C)C)ccc1Nc1ncc2c(n1)n(C1CCCC1)c(=O)n2C. The minimum absolute atomic E-state index is 0.0643. The fourth-order valence-electron chi connectivity index (χ4n) is 4.24. The molecule has 2 N–H and O–H groups in total. The highest BCUT2D eigenvalue weighted by Gasteiger charge is 2.24. The molecule has 1 saturated carbocycles. The molecule has 1 aliphatic rings. The smallest absolute Gasteiger partial charge is 0.330 e. The van der Waals surface area contributed by atoms with Crippen molar-refractivity contribution in [3.05, 3.63) is 40.4 Å². The Hall–Kier alpha value is -3.40. The van der Waals surface area contributed by atoms with Gasteiger partial charge in [0.25, 0.3) is 5.91 Å². The summed E-state index contributed by atoms with van der Waals surface area (Å²) in [6.45, 7) is 1.32. The Bertz CT molecular complexity index is 1210. The van der Waals surface area contributed by atoms with Crippen molar-refractivity contribution >= 4 is 28.7 Å². The van der Waals surface area contributed by atoms with Gasteiger partial charge in [0.1, 0.15) is 11.3 Å².